The molecular weight excluding hydrogens is 589 g/mol. The summed E-state index contributed by atoms with van der Waals surface area (Å²) in [4.78, 5) is 44.0. The van der Waals surface area contributed by atoms with E-state index in [1.54, 1.807) is 42.2 Å². The minimum absolute atomic E-state index is 0.00528. The molecule has 0 heterocycles. The zero-order valence-corrected chi connectivity index (χ0v) is 27.2. The molecule has 0 amide bonds. The highest BCUT2D eigenvalue weighted by Gasteiger charge is 2.28. The molecule has 0 saturated heterocycles. The molecule has 46 heavy (non-hydrogen) atoms. The summed E-state index contributed by atoms with van der Waals surface area (Å²) in [6.45, 7) is 6.63. The summed E-state index contributed by atoms with van der Waals surface area (Å²) in [7, 11) is -2.72. The lowest BCUT2D eigenvalue weighted by Gasteiger charge is -2.36. The maximum atomic E-state index is 11.2. The van der Waals surface area contributed by atoms with Gasteiger partial charge in [0, 0.05) is 25.2 Å². The van der Waals surface area contributed by atoms with E-state index in [1.165, 1.54) is 0 Å². The molecule has 246 valence electrons. The van der Waals surface area contributed by atoms with Crippen LogP contribution in [0.2, 0.25) is 20.5 Å². The second kappa shape index (κ2) is 24.7. The highest BCUT2D eigenvalue weighted by Crippen LogP contribution is 2.10. The summed E-state index contributed by atoms with van der Waals surface area (Å²) < 4.78 is 5.84. The van der Waals surface area contributed by atoms with Gasteiger partial charge in [0.1, 0.15) is 24.4 Å². The number of hydrogen-bond acceptors (Lipinski definition) is 10. The van der Waals surface area contributed by atoms with Crippen LogP contribution in [0.1, 0.15) is 43.2 Å². The Morgan fingerprint density at radius 1 is 0.891 bits per heavy atom. The molecule has 0 aliphatic rings. The standard InChI is InChI=1S/C25H46B6N8O7/c1-29(43)37-24(35-27-19-41)33-13-7-5-4-6-8-14-38(30(2)44)25(36-28-20-42)39(31(3)45)15-16-46-17-21-9-11-22(12-10-21)23(32)34-26-18-40/h9-12,18-20,26-28,43-45H,4-8,13-17H2,1-3H3,(H2,32,34)(H2,33,35,37)/b36-25-. The number of amidine groups is 1. The van der Waals surface area contributed by atoms with Gasteiger partial charge in [-0.1, -0.05) is 43.5 Å². The monoisotopic (exact) mass is 636 g/mol. The average molecular weight is 636 g/mol. The normalized spacial score (nSPS) is 11.1. The molecule has 0 saturated carbocycles. The van der Waals surface area contributed by atoms with Crippen LogP contribution in [0.4, 0.5) is 0 Å². The second-order valence-electron chi connectivity index (χ2n) is 10.5. The molecule has 0 aliphatic carbocycles. The summed E-state index contributed by atoms with van der Waals surface area (Å²) in [6, 6.07) is 7.20. The lowest BCUT2D eigenvalue weighted by molar-refractivity contribution is 0.114. The predicted molar refractivity (Wildman–Crippen MR) is 192 cm³/mol. The van der Waals surface area contributed by atoms with E-state index in [4.69, 9.17) is 10.1 Å². The van der Waals surface area contributed by atoms with Crippen molar-refractivity contribution < 1.29 is 34.2 Å². The van der Waals surface area contributed by atoms with E-state index in [1.807, 2.05) is 12.1 Å². The molecule has 1 rings (SSSR count). The maximum absolute atomic E-state index is 11.2. The first-order valence-corrected chi connectivity index (χ1v) is 15.6. The molecule has 0 radical (unpaired) electrons. The van der Waals surface area contributed by atoms with Crippen molar-refractivity contribution in [1.82, 2.24) is 25.4 Å². The van der Waals surface area contributed by atoms with Crippen molar-refractivity contribution in [3.63, 3.8) is 0 Å². The number of benzene rings is 1. The second-order valence-corrected chi connectivity index (χ2v) is 10.5. The first kappa shape index (κ1) is 40.5. The average Bonchev–Trinajstić information content (AvgIpc) is 3.02. The molecule has 0 unspecified atom stereocenters. The van der Waals surface area contributed by atoms with Gasteiger partial charge in [0.2, 0.25) is 0 Å². The molecule has 7 N–H and O–H groups in total. The third-order valence-electron chi connectivity index (χ3n) is 6.61. The van der Waals surface area contributed by atoms with Crippen LogP contribution in [0.25, 0.3) is 0 Å². The van der Waals surface area contributed by atoms with Gasteiger partial charge in [-0.2, -0.15) is 0 Å². The van der Waals surface area contributed by atoms with Crippen LogP contribution >= 0.6 is 0 Å². The van der Waals surface area contributed by atoms with Gasteiger partial charge in [0.15, 0.2) is 11.9 Å². The topological polar surface area (TPSA) is 212 Å². The molecule has 15 nitrogen and oxygen atoms in total. The predicted octanol–water partition coefficient (Wildman–Crippen LogP) is -2.48. The van der Waals surface area contributed by atoms with E-state index in [0.29, 0.717) is 55.7 Å². The van der Waals surface area contributed by atoms with E-state index < -0.39 is 21.2 Å². The van der Waals surface area contributed by atoms with Gasteiger partial charge in [-0.3, -0.25) is 5.41 Å². The third kappa shape index (κ3) is 17.2. The number of rotatable bonds is 23. The van der Waals surface area contributed by atoms with Crippen molar-refractivity contribution in [2.45, 2.75) is 59.2 Å². The summed E-state index contributed by atoms with van der Waals surface area (Å²) >= 11 is 0. The number of carbonyl (C=O) groups is 3. The summed E-state index contributed by atoms with van der Waals surface area (Å²) in [6.07, 6.45) is 6.39. The first-order chi connectivity index (χ1) is 22.1. The van der Waals surface area contributed by atoms with E-state index in [-0.39, 0.29) is 41.2 Å². The Labute approximate surface area is 275 Å². The van der Waals surface area contributed by atoms with Crippen molar-refractivity contribution >= 4 is 79.7 Å². The van der Waals surface area contributed by atoms with Crippen LogP contribution in [0, 0.1) is 5.41 Å². The lowest BCUT2D eigenvalue weighted by atomic mass is 9.81. The van der Waals surface area contributed by atoms with E-state index in [0.717, 1.165) is 37.7 Å². The number of nitrogens with zero attached hydrogens (tertiary/aromatic N) is 4. The Morgan fingerprint density at radius 3 is 2.11 bits per heavy atom. The van der Waals surface area contributed by atoms with Crippen molar-refractivity contribution in [3.05, 3.63) is 35.4 Å². The van der Waals surface area contributed by atoms with Crippen LogP contribution in [0.3, 0.4) is 0 Å². The first-order valence-electron chi connectivity index (χ1n) is 15.6. The Kier molecular flexibility index (Phi) is 21.7. The fourth-order valence-corrected chi connectivity index (χ4v) is 4.36. The minimum atomic E-state index is -0.963. The molecular formula is C25H46B6N8O7. The van der Waals surface area contributed by atoms with Gasteiger partial charge in [-0.05, 0) is 38.9 Å². The molecule has 0 atom stereocenters. The van der Waals surface area contributed by atoms with Crippen LogP contribution in [0.15, 0.2) is 34.1 Å². The molecule has 0 fully saturated rings. The molecule has 0 aromatic heterocycles. The highest BCUT2D eigenvalue weighted by atomic mass is 16.5. The fourth-order valence-electron chi connectivity index (χ4n) is 4.36. The molecule has 0 bridgehead atoms. The van der Waals surface area contributed by atoms with Gasteiger partial charge in [-0.25, -0.2) is 0 Å². The van der Waals surface area contributed by atoms with Crippen LogP contribution in [-0.2, 0) is 25.7 Å². The Balaban J connectivity index is 2.64. The number of ether oxygens (including phenoxy) is 1. The Hall–Kier alpha value is -3.53. The third-order valence-corrected chi connectivity index (χ3v) is 6.61. The zero-order chi connectivity index (χ0) is 34.2. The van der Waals surface area contributed by atoms with Gasteiger partial charge in [-0.15, -0.1) is 0 Å². The van der Waals surface area contributed by atoms with Crippen molar-refractivity contribution in [2.75, 3.05) is 26.2 Å². The van der Waals surface area contributed by atoms with Gasteiger partial charge in [0.25, 0.3) is 0 Å². The van der Waals surface area contributed by atoms with Crippen LogP contribution in [-0.4, -0.2) is 131 Å². The lowest BCUT2D eigenvalue weighted by Crippen LogP contribution is -2.56. The Morgan fingerprint density at radius 2 is 1.50 bits per heavy atom. The smallest absolute Gasteiger partial charge is 0.411 e. The number of carbonyl (C=O) groups excluding carboxylic acids is 3. The van der Waals surface area contributed by atoms with E-state index >= 15 is 0 Å². The highest BCUT2D eigenvalue weighted by molar-refractivity contribution is 6.67. The summed E-state index contributed by atoms with van der Waals surface area (Å²) in [5.41, 5.74) is 1.53. The van der Waals surface area contributed by atoms with Gasteiger partial charge < -0.3 is 69.4 Å². The number of guanidine groups is 2. The van der Waals surface area contributed by atoms with Crippen molar-refractivity contribution in [2.24, 2.45) is 9.81 Å². The fraction of sp³-hybridized carbons (Fsp3) is 0.520. The van der Waals surface area contributed by atoms with Gasteiger partial charge >= 0.3 is 43.4 Å². The Bertz CT molecular complexity index is 1100. The quantitative estimate of drug-likeness (QED) is 0.0219. The molecule has 21 heteroatoms. The number of nitrogens with one attached hydrogen (secondary N) is 4. The zero-order valence-electron chi connectivity index (χ0n) is 27.2. The van der Waals surface area contributed by atoms with Crippen molar-refractivity contribution in [3.8, 4) is 0 Å². The maximum Gasteiger partial charge on any atom is 0.411 e. The SMILES string of the molecule is CB(O)N/C(=N/BC=O)NCCCCCCCN(B(C)O)/C(=N/BC=O)N(CCOCc1ccc(C(=N)NBC=O)cc1)B(C)O. The molecule has 1 aromatic carbocycles. The van der Waals surface area contributed by atoms with E-state index in [2.05, 4.69) is 25.6 Å². The molecule has 0 aliphatic heterocycles. The summed E-state index contributed by atoms with van der Waals surface area (Å²) in [5.74, 6) is 0.842. The number of unbranched alkanes of at least 4 members (excludes halogenated alkanes) is 4. The van der Waals surface area contributed by atoms with Gasteiger partial charge in [0.05, 0.1) is 13.2 Å². The molecule has 1 aromatic rings. The number of hydrogen-bond donors (Lipinski definition) is 7. The molecule has 0 spiro atoms. The van der Waals surface area contributed by atoms with Crippen LogP contribution in [0.5, 0.6) is 0 Å². The van der Waals surface area contributed by atoms with Crippen LogP contribution < -0.4 is 15.8 Å². The summed E-state index contributed by atoms with van der Waals surface area (Å²) in [5, 5.41) is 47.2. The largest absolute Gasteiger partial charge is 0.433 e. The van der Waals surface area contributed by atoms with Crippen molar-refractivity contribution in [1.29, 1.82) is 5.41 Å². The minimum Gasteiger partial charge on any atom is -0.433 e. The van der Waals surface area contributed by atoms with E-state index in [9.17, 15) is 29.5 Å².